The lowest BCUT2D eigenvalue weighted by Gasteiger charge is -2.21. The normalized spacial score (nSPS) is 18.5. The minimum atomic E-state index is -0.778. The third-order valence-corrected chi connectivity index (χ3v) is 5.80. The molecule has 0 spiro atoms. The van der Waals surface area contributed by atoms with Gasteiger partial charge < -0.3 is 35.5 Å². The SMILES string of the molecule is COc1ccc2c(c1)OCCNC(=O)[C@@H](NC(=O)c1ccc3c(c1)OCC(=O)N3)CCCCNC2=O. The zero-order valence-electron chi connectivity index (χ0n) is 19.8. The van der Waals surface area contributed by atoms with Crippen molar-refractivity contribution in [2.75, 3.05) is 38.7 Å². The fourth-order valence-electron chi connectivity index (χ4n) is 3.89. The highest BCUT2D eigenvalue weighted by Gasteiger charge is 2.23. The van der Waals surface area contributed by atoms with Crippen LogP contribution in [-0.4, -0.2) is 63.1 Å². The molecule has 2 aromatic rings. The molecule has 0 unspecified atom stereocenters. The van der Waals surface area contributed by atoms with E-state index in [2.05, 4.69) is 21.3 Å². The summed E-state index contributed by atoms with van der Waals surface area (Å²) in [6.07, 6.45) is 1.60. The highest BCUT2D eigenvalue weighted by atomic mass is 16.5. The van der Waals surface area contributed by atoms with Gasteiger partial charge in [0.25, 0.3) is 17.7 Å². The Hall–Kier alpha value is -4.28. The number of nitrogens with one attached hydrogen (secondary N) is 4. The van der Waals surface area contributed by atoms with Gasteiger partial charge in [0.2, 0.25) is 5.91 Å². The summed E-state index contributed by atoms with van der Waals surface area (Å²) < 4.78 is 16.3. The van der Waals surface area contributed by atoms with Gasteiger partial charge in [-0.25, -0.2) is 0 Å². The van der Waals surface area contributed by atoms with E-state index in [0.717, 1.165) is 0 Å². The molecule has 4 N–H and O–H groups in total. The van der Waals surface area contributed by atoms with Gasteiger partial charge in [0, 0.05) is 18.2 Å². The van der Waals surface area contributed by atoms with Gasteiger partial charge >= 0.3 is 0 Å². The number of methoxy groups -OCH3 is 1. The van der Waals surface area contributed by atoms with Crippen LogP contribution in [0.3, 0.4) is 0 Å². The highest BCUT2D eigenvalue weighted by molar-refractivity contribution is 6.00. The lowest BCUT2D eigenvalue weighted by atomic mass is 10.1. The van der Waals surface area contributed by atoms with Crippen LogP contribution >= 0.6 is 0 Å². The van der Waals surface area contributed by atoms with E-state index in [9.17, 15) is 19.2 Å². The molecule has 0 bridgehead atoms. The quantitative estimate of drug-likeness (QED) is 0.500. The number of hydrogen-bond acceptors (Lipinski definition) is 7. The molecule has 0 saturated carbocycles. The molecular formula is C25H28N4O7. The number of hydrogen-bond donors (Lipinski definition) is 4. The van der Waals surface area contributed by atoms with Crippen molar-refractivity contribution in [3.8, 4) is 17.2 Å². The number of fused-ring (bicyclic) bond motifs is 2. The molecule has 4 rings (SSSR count). The van der Waals surface area contributed by atoms with Crippen molar-refractivity contribution in [2.45, 2.75) is 25.3 Å². The van der Waals surface area contributed by atoms with E-state index >= 15 is 0 Å². The Morgan fingerprint density at radius 3 is 2.69 bits per heavy atom. The van der Waals surface area contributed by atoms with Crippen LogP contribution in [0.2, 0.25) is 0 Å². The molecule has 2 aliphatic rings. The molecule has 1 atom stereocenters. The molecule has 0 fully saturated rings. The predicted octanol–water partition coefficient (Wildman–Crippen LogP) is 1.23. The first-order valence-electron chi connectivity index (χ1n) is 11.7. The molecule has 2 aromatic carbocycles. The molecule has 2 heterocycles. The van der Waals surface area contributed by atoms with E-state index in [-0.39, 0.29) is 37.5 Å². The number of ether oxygens (including phenoxy) is 3. The summed E-state index contributed by atoms with van der Waals surface area (Å²) in [5.41, 5.74) is 1.18. The minimum absolute atomic E-state index is 0.119. The van der Waals surface area contributed by atoms with Crippen LogP contribution in [-0.2, 0) is 9.59 Å². The van der Waals surface area contributed by atoms with Crippen LogP contribution in [0.25, 0.3) is 0 Å². The second-order valence-electron chi connectivity index (χ2n) is 8.33. The van der Waals surface area contributed by atoms with Gasteiger partial charge in [-0.05, 0) is 49.6 Å². The van der Waals surface area contributed by atoms with Gasteiger partial charge in [-0.2, -0.15) is 0 Å². The summed E-state index contributed by atoms with van der Waals surface area (Å²) in [6, 6.07) is 8.84. The molecule has 11 nitrogen and oxygen atoms in total. The fourth-order valence-corrected chi connectivity index (χ4v) is 3.89. The largest absolute Gasteiger partial charge is 0.497 e. The van der Waals surface area contributed by atoms with Gasteiger partial charge in [-0.3, -0.25) is 19.2 Å². The minimum Gasteiger partial charge on any atom is -0.497 e. The summed E-state index contributed by atoms with van der Waals surface area (Å²) in [6.45, 7) is 0.572. The second-order valence-corrected chi connectivity index (χ2v) is 8.33. The highest BCUT2D eigenvalue weighted by Crippen LogP contribution is 2.28. The van der Waals surface area contributed by atoms with Gasteiger partial charge in [0.05, 0.1) is 24.9 Å². The molecule has 0 aromatic heterocycles. The molecular weight excluding hydrogens is 468 g/mol. The molecule has 0 aliphatic carbocycles. The van der Waals surface area contributed by atoms with E-state index in [1.807, 2.05) is 0 Å². The second kappa shape index (κ2) is 11.4. The molecule has 190 valence electrons. The van der Waals surface area contributed by atoms with Crippen LogP contribution in [0.5, 0.6) is 17.2 Å². The van der Waals surface area contributed by atoms with Crippen molar-refractivity contribution >= 4 is 29.3 Å². The first kappa shape index (κ1) is 24.8. The van der Waals surface area contributed by atoms with Crippen molar-refractivity contribution in [3.05, 3.63) is 47.5 Å². The van der Waals surface area contributed by atoms with Crippen molar-refractivity contribution in [1.29, 1.82) is 0 Å². The summed E-state index contributed by atoms with van der Waals surface area (Å²) in [4.78, 5) is 49.8. The summed E-state index contributed by atoms with van der Waals surface area (Å²) in [7, 11) is 1.52. The lowest BCUT2D eigenvalue weighted by molar-refractivity contribution is -0.123. The third-order valence-electron chi connectivity index (χ3n) is 5.80. The van der Waals surface area contributed by atoms with E-state index in [1.54, 1.807) is 30.3 Å². The van der Waals surface area contributed by atoms with Crippen LogP contribution in [0.1, 0.15) is 40.0 Å². The van der Waals surface area contributed by atoms with E-state index in [4.69, 9.17) is 14.2 Å². The maximum atomic E-state index is 12.9. The lowest BCUT2D eigenvalue weighted by Crippen LogP contribution is -2.47. The molecule has 36 heavy (non-hydrogen) atoms. The average Bonchev–Trinajstić information content (AvgIpc) is 2.88. The van der Waals surface area contributed by atoms with E-state index < -0.39 is 11.9 Å². The Balaban J connectivity index is 1.42. The average molecular weight is 497 g/mol. The standard InChI is InChI=1S/C25H28N4O7/c1-34-16-6-7-17-20(13-16)35-11-10-27-25(33)19(4-2-3-9-26-24(17)32)29-23(31)15-5-8-18-21(12-15)36-14-22(30)28-18/h5-8,12-13,19H,2-4,9-11,14H2,1H3,(H,26,32)(H,27,33)(H,28,30)(H,29,31)/t19-/m0/s1. The van der Waals surface area contributed by atoms with Crippen LogP contribution in [0, 0.1) is 0 Å². The maximum Gasteiger partial charge on any atom is 0.262 e. The molecule has 11 heteroatoms. The van der Waals surface area contributed by atoms with Crippen molar-refractivity contribution in [1.82, 2.24) is 16.0 Å². The summed E-state index contributed by atoms with van der Waals surface area (Å²) in [5.74, 6) is -0.00499. The van der Waals surface area contributed by atoms with Gasteiger partial charge in [-0.1, -0.05) is 0 Å². The van der Waals surface area contributed by atoms with Crippen LogP contribution < -0.4 is 35.5 Å². The number of anilines is 1. The van der Waals surface area contributed by atoms with Gasteiger partial charge in [0.1, 0.15) is 29.9 Å². The number of carbonyl (C=O) groups is 4. The summed E-state index contributed by atoms with van der Waals surface area (Å²) >= 11 is 0. The van der Waals surface area contributed by atoms with Crippen LogP contribution in [0.4, 0.5) is 5.69 Å². The molecule has 2 aliphatic heterocycles. The molecule has 4 amide bonds. The third kappa shape index (κ3) is 6.04. The number of rotatable bonds is 3. The summed E-state index contributed by atoms with van der Waals surface area (Å²) in [5, 5.41) is 11.1. The molecule has 0 radical (unpaired) electrons. The smallest absolute Gasteiger partial charge is 0.262 e. The zero-order chi connectivity index (χ0) is 25.5. The Kier molecular flexibility index (Phi) is 7.89. The van der Waals surface area contributed by atoms with Crippen molar-refractivity contribution < 1.29 is 33.4 Å². The van der Waals surface area contributed by atoms with Gasteiger partial charge in [-0.15, -0.1) is 0 Å². The van der Waals surface area contributed by atoms with E-state index in [0.29, 0.717) is 59.9 Å². The number of amides is 4. The Labute approximate surface area is 207 Å². The van der Waals surface area contributed by atoms with Gasteiger partial charge in [0.15, 0.2) is 6.61 Å². The first-order chi connectivity index (χ1) is 17.4. The van der Waals surface area contributed by atoms with E-state index in [1.165, 1.54) is 13.2 Å². The Morgan fingerprint density at radius 1 is 1.00 bits per heavy atom. The number of carbonyl (C=O) groups excluding carboxylic acids is 4. The monoisotopic (exact) mass is 496 g/mol. The maximum absolute atomic E-state index is 12.9. The zero-order valence-corrected chi connectivity index (χ0v) is 19.8. The van der Waals surface area contributed by atoms with Crippen molar-refractivity contribution in [2.24, 2.45) is 0 Å². The fraction of sp³-hybridized carbons (Fsp3) is 0.360. The Morgan fingerprint density at radius 2 is 1.86 bits per heavy atom. The topological polar surface area (TPSA) is 144 Å². The van der Waals surface area contributed by atoms with Crippen molar-refractivity contribution in [3.63, 3.8) is 0 Å². The first-order valence-corrected chi connectivity index (χ1v) is 11.7. The Bertz CT molecular complexity index is 1170. The molecule has 0 saturated heterocycles. The predicted molar refractivity (Wildman–Crippen MR) is 130 cm³/mol. The number of benzene rings is 2. The van der Waals surface area contributed by atoms with Crippen LogP contribution in [0.15, 0.2) is 36.4 Å².